The van der Waals surface area contributed by atoms with E-state index >= 15 is 0 Å². The molecule has 0 aliphatic rings. The summed E-state index contributed by atoms with van der Waals surface area (Å²) in [6.45, 7) is 8.28. The van der Waals surface area contributed by atoms with Crippen LogP contribution in [0.25, 0.3) is 0 Å². The van der Waals surface area contributed by atoms with Crippen molar-refractivity contribution in [3.63, 3.8) is 0 Å². The van der Waals surface area contributed by atoms with E-state index in [1.54, 1.807) is 23.2 Å². The summed E-state index contributed by atoms with van der Waals surface area (Å²) in [5.41, 5.74) is -0.606. The van der Waals surface area contributed by atoms with Crippen LogP contribution in [0.4, 0.5) is 0 Å². The number of nitrogens with one attached hydrogen (secondary N) is 2. The zero-order valence-corrected chi connectivity index (χ0v) is 30.0. The minimum atomic E-state index is -1.34. The van der Waals surface area contributed by atoms with Crippen LogP contribution in [0.3, 0.4) is 0 Å². The summed E-state index contributed by atoms with van der Waals surface area (Å²) in [6, 6.07) is -1.34. The SMILES string of the molecule is CCCNC(=O)Cn1ccnc1CN(CC(=O)C(C)(C)C)Cc1nccn1CC(=O)N[C@@H](CCC(=O)O)C(=O)O.CO.CO.CO.[Tc]. The molecule has 18 heteroatoms. The number of aliphatic hydroxyl groups is 3. The van der Waals surface area contributed by atoms with E-state index in [9.17, 15) is 29.1 Å². The van der Waals surface area contributed by atoms with E-state index in [-0.39, 0.29) is 70.9 Å². The molecule has 0 unspecified atom stereocenters. The molecular weight excluding hydrogens is 704 g/mol. The van der Waals surface area contributed by atoms with Gasteiger partial charge in [-0.05, 0) is 12.8 Å². The normalized spacial score (nSPS) is 10.8. The van der Waals surface area contributed by atoms with Crippen LogP contribution < -0.4 is 10.6 Å². The van der Waals surface area contributed by atoms with E-state index < -0.39 is 35.7 Å². The average Bonchev–Trinajstić information content (AvgIpc) is 3.64. The van der Waals surface area contributed by atoms with Gasteiger partial charge in [0.1, 0.15) is 30.8 Å². The molecule has 1 radical (unpaired) electrons. The number of aromatic nitrogens is 4. The molecule has 0 bridgehead atoms. The van der Waals surface area contributed by atoms with Crippen molar-refractivity contribution in [3.8, 4) is 0 Å². The number of aliphatic hydroxyl groups excluding tert-OH is 3. The molecule has 0 spiro atoms. The van der Waals surface area contributed by atoms with Gasteiger partial charge in [0, 0.05) is 84.6 Å². The van der Waals surface area contributed by atoms with E-state index in [2.05, 4.69) is 20.6 Å². The fourth-order valence-electron chi connectivity index (χ4n) is 3.67. The second-order valence-electron chi connectivity index (χ2n) is 10.5. The molecule has 7 N–H and O–H groups in total. The molecule has 1 atom stereocenters. The smallest absolute Gasteiger partial charge is 0.326 e. The molecule has 0 saturated heterocycles. The minimum absolute atomic E-state index is 0. The Morgan fingerprint density at radius 3 is 1.72 bits per heavy atom. The Labute approximate surface area is 288 Å². The first-order valence-corrected chi connectivity index (χ1v) is 14.4. The first kappa shape index (κ1) is 47.9. The Bertz CT molecular complexity index is 1200. The molecule has 2 aromatic rings. The molecule has 0 aliphatic heterocycles. The van der Waals surface area contributed by atoms with Crippen LogP contribution in [0, 0.1) is 5.41 Å². The van der Waals surface area contributed by atoms with Gasteiger partial charge >= 0.3 is 11.9 Å². The summed E-state index contributed by atoms with van der Waals surface area (Å²) in [5, 5.41) is 44.3. The van der Waals surface area contributed by atoms with Crippen LogP contribution in [0.2, 0.25) is 0 Å². The molecule has 47 heavy (non-hydrogen) atoms. The predicted octanol–water partition coefficient (Wildman–Crippen LogP) is -0.520. The van der Waals surface area contributed by atoms with Crippen molar-refractivity contribution in [1.82, 2.24) is 34.6 Å². The molecule has 269 valence electrons. The third kappa shape index (κ3) is 19.7. The van der Waals surface area contributed by atoms with Crippen molar-refractivity contribution in [2.75, 3.05) is 34.4 Å². The fourth-order valence-corrected chi connectivity index (χ4v) is 3.67. The van der Waals surface area contributed by atoms with Crippen molar-refractivity contribution in [1.29, 1.82) is 0 Å². The summed E-state index contributed by atoms with van der Waals surface area (Å²) in [5.74, 6) is -2.26. The van der Waals surface area contributed by atoms with Gasteiger partial charge in [-0.1, -0.05) is 27.7 Å². The molecule has 0 fully saturated rings. The van der Waals surface area contributed by atoms with Crippen LogP contribution in [0.1, 0.15) is 58.6 Å². The summed E-state index contributed by atoms with van der Waals surface area (Å²) in [6.07, 6.45) is 6.49. The van der Waals surface area contributed by atoms with Crippen molar-refractivity contribution >= 4 is 29.5 Å². The molecule has 0 aliphatic carbocycles. The second kappa shape index (κ2) is 26.5. The number of nitrogens with zero attached hydrogens (tertiary/aromatic N) is 5. The quantitative estimate of drug-likeness (QED) is 0.108. The van der Waals surface area contributed by atoms with Crippen LogP contribution in [0.5, 0.6) is 0 Å². The summed E-state index contributed by atoms with van der Waals surface area (Å²) in [7, 11) is 3.00. The van der Waals surface area contributed by atoms with Crippen LogP contribution >= 0.6 is 0 Å². The third-order valence-electron chi connectivity index (χ3n) is 6.02. The summed E-state index contributed by atoms with van der Waals surface area (Å²) < 4.78 is 3.24. The molecule has 17 nitrogen and oxygen atoms in total. The van der Waals surface area contributed by atoms with E-state index in [4.69, 9.17) is 20.4 Å². The Hall–Kier alpha value is -3.54. The van der Waals surface area contributed by atoms with Gasteiger partial charge in [-0.2, -0.15) is 0 Å². The third-order valence-corrected chi connectivity index (χ3v) is 6.02. The number of Topliss-reactive ketones (excluding diaryl/α,β-unsaturated/α-hetero) is 1. The van der Waals surface area contributed by atoms with Gasteiger partial charge in [-0.25, -0.2) is 14.8 Å². The number of amides is 2. The standard InChI is InChI=1S/C26H39N7O7.3CH4O.Tc/c1-5-8-29-22(35)16-32-11-9-27-20(32)14-31(13-19(34)26(2,3)4)15-21-28-10-12-33(21)17-23(36)30-18(25(39)40)6-7-24(37)38;3*1-2;/h9-12,18H,5-8,13-17H2,1-4H3,(H,29,35)(H,30,36)(H,37,38)(H,39,40);3*2H,1H3;/t18-;;;;/m0..../s1. The van der Waals surface area contributed by atoms with Gasteiger partial charge in [0.2, 0.25) is 11.8 Å². The van der Waals surface area contributed by atoms with E-state index in [0.717, 1.165) is 27.8 Å². The number of carboxylic acid groups (broad SMARTS) is 2. The van der Waals surface area contributed by atoms with Crippen molar-refractivity contribution < 1.29 is 69.6 Å². The second-order valence-corrected chi connectivity index (χ2v) is 10.5. The van der Waals surface area contributed by atoms with Gasteiger partial charge in [-0.15, -0.1) is 0 Å². The number of hydrogen-bond donors (Lipinski definition) is 7. The van der Waals surface area contributed by atoms with Crippen molar-refractivity contribution in [2.24, 2.45) is 5.41 Å². The Morgan fingerprint density at radius 2 is 1.32 bits per heavy atom. The molecule has 2 amide bonds. The minimum Gasteiger partial charge on any atom is -0.481 e. The largest absolute Gasteiger partial charge is 0.481 e. The number of aliphatic carboxylic acids is 2. The van der Waals surface area contributed by atoms with Crippen molar-refractivity contribution in [2.45, 2.75) is 79.2 Å². The maximum Gasteiger partial charge on any atom is 0.326 e. The van der Waals surface area contributed by atoms with Gasteiger partial charge < -0.3 is 45.3 Å². The van der Waals surface area contributed by atoms with Crippen LogP contribution in [0.15, 0.2) is 24.8 Å². The number of rotatable bonds is 17. The van der Waals surface area contributed by atoms with Crippen molar-refractivity contribution in [3.05, 3.63) is 36.4 Å². The topological polar surface area (TPSA) is 249 Å². The van der Waals surface area contributed by atoms with Gasteiger partial charge in [0.25, 0.3) is 0 Å². The number of carbonyl (C=O) groups is 5. The fraction of sp³-hybridized carbons (Fsp3) is 0.621. The Morgan fingerprint density at radius 1 is 0.851 bits per heavy atom. The summed E-state index contributed by atoms with van der Waals surface area (Å²) >= 11 is 0. The van der Waals surface area contributed by atoms with Gasteiger partial charge in [0.15, 0.2) is 5.78 Å². The van der Waals surface area contributed by atoms with Gasteiger partial charge in [-0.3, -0.25) is 24.1 Å². The zero-order chi connectivity index (χ0) is 35.9. The predicted molar refractivity (Wildman–Crippen MR) is 167 cm³/mol. The monoisotopic (exact) mass is 754 g/mol. The van der Waals surface area contributed by atoms with Crippen LogP contribution in [-0.4, -0.2) is 120 Å². The Balaban J connectivity index is -0.00000261. The molecule has 2 aromatic heterocycles. The molecule has 0 saturated carbocycles. The number of imidazole rings is 2. The van der Waals surface area contributed by atoms with E-state index in [1.807, 2.05) is 32.6 Å². The Kier molecular flexibility index (Phi) is 27.0. The zero-order valence-electron chi connectivity index (χ0n) is 28.1. The first-order valence-electron chi connectivity index (χ1n) is 14.4. The van der Waals surface area contributed by atoms with Crippen LogP contribution in [-0.2, 0) is 70.3 Å². The summed E-state index contributed by atoms with van der Waals surface area (Å²) in [4.78, 5) is 70.6. The number of ketones is 1. The average molecular weight is 756 g/mol. The first-order chi connectivity index (χ1) is 21.8. The maximum atomic E-state index is 12.9. The number of carboxylic acids is 2. The van der Waals surface area contributed by atoms with E-state index in [1.165, 1.54) is 10.8 Å². The molecule has 2 heterocycles. The van der Waals surface area contributed by atoms with E-state index in [0.29, 0.717) is 18.2 Å². The maximum absolute atomic E-state index is 12.9. The molecular formula is C29H51N7O10Tc. The van der Waals surface area contributed by atoms with Gasteiger partial charge in [0.05, 0.1) is 19.6 Å². The number of carbonyl (C=O) groups excluding carboxylic acids is 3. The number of hydrogen-bond acceptors (Lipinski definition) is 11. The molecule has 2 rings (SSSR count). The molecule has 0 aromatic carbocycles.